The molecule has 1 heterocycles. The minimum Gasteiger partial charge on any atom is -0.497 e. The molecular weight excluding hydrogens is 360 g/mol. The van der Waals surface area contributed by atoms with Crippen LogP contribution >= 0.6 is 0 Å². The average molecular weight is 392 g/mol. The van der Waals surface area contributed by atoms with E-state index in [1.54, 1.807) is 14.2 Å². The van der Waals surface area contributed by atoms with E-state index in [1.807, 2.05) is 36.4 Å². The van der Waals surface area contributed by atoms with E-state index in [0.717, 1.165) is 17.7 Å². The van der Waals surface area contributed by atoms with Crippen molar-refractivity contribution in [3.05, 3.63) is 53.6 Å². The summed E-state index contributed by atoms with van der Waals surface area (Å²) in [5.41, 5.74) is 2.34. The molecule has 1 aromatic carbocycles. The summed E-state index contributed by atoms with van der Waals surface area (Å²) in [5, 5.41) is 9.49. The van der Waals surface area contributed by atoms with Crippen LogP contribution < -0.4 is 4.74 Å². The molecule has 0 saturated heterocycles. The van der Waals surface area contributed by atoms with Crippen LogP contribution in [0.1, 0.15) is 25.3 Å². The summed E-state index contributed by atoms with van der Waals surface area (Å²) in [5.74, 6) is 0.803. The Morgan fingerprint density at radius 2 is 2.00 bits per heavy atom. The number of rotatable bonds is 12. The summed E-state index contributed by atoms with van der Waals surface area (Å²) < 4.78 is 27.9. The van der Waals surface area contributed by atoms with E-state index in [-0.39, 0.29) is 31.7 Å². The van der Waals surface area contributed by atoms with Crippen LogP contribution in [0.2, 0.25) is 0 Å². The molecule has 0 aliphatic carbocycles. The highest BCUT2D eigenvalue weighted by Gasteiger charge is 2.22. The number of benzene rings is 1. The number of aliphatic hydroxyl groups excluding tert-OH is 1. The first-order chi connectivity index (χ1) is 13.7. The normalized spacial score (nSPS) is 19.4. The summed E-state index contributed by atoms with van der Waals surface area (Å²) in [6, 6.07) is 7.71. The number of methoxy groups -OCH3 is 2. The van der Waals surface area contributed by atoms with Crippen molar-refractivity contribution in [1.82, 2.24) is 0 Å². The van der Waals surface area contributed by atoms with Crippen molar-refractivity contribution in [2.45, 2.75) is 44.7 Å². The molecule has 0 unspecified atom stereocenters. The third-order valence-electron chi connectivity index (χ3n) is 4.56. The van der Waals surface area contributed by atoms with Gasteiger partial charge in [0.2, 0.25) is 0 Å². The third kappa shape index (κ3) is 7.73. The summed E-state index contributed by atoms with van der Waals surface area (Å²) >= 11 is 0. The number of aliphatic hydroxyl groups is 1. The molecule has 156 valence electrons. The minimum atomic E-state index is -0.347. The summed E-state index contributed by atoms with van der Waals surface area (Å²) in [7, 11) is 3.22. The maximum Gasteiger partial charge on any atom is 0.147 e. The van der Waals surface area contributed by atoms with Crippen LogP contribution in [0.25, 0.3) is 0 Å². The van der Waals surface area contributed by atoms with Crippen LogP contribution in [0, 0.1) is 0 Å². The molecule has 3 atom stereocenters. The Hall–Kier alpha value is -1.70. The van der Waals surface area contributed by atoms with E-state index in [0.29, 0.717) is 19.6 Å². The molecule has 1 aromatic rings. The Kier molecular flexibility index (Phi) is 10.2. The number of ether oxygens (including phenoxy) is 5. The molecule has 28 heavy (non-hydrogen) atoms. The standard InChI is InChI=1S/C22H32O6/c1-17-11-13-26-20(14-17)8-9-21(28-16-24-2)22(10-12-23)27-15-18-4-6-19(25-3)7-5-18/h4-9,11,20-23H,10,12-16H2,1-3H3/b9-8+/t20-,21+,22+/m1/s1. The number of hydrogen-bond donors (Lipinski definition) is 1. The Morgan fingerprint density at radius 3 is 2.64 bits per heavy atom. The molecule has 1 aliphatic heterocycles. The molecule has 1 N–H and O–H groups in total. The van der Waals surface area contributed by atoms with Crippen LogP contribution in [-0.2, 0) is 25.6 Å². The Morgan fingerprint density at radius 1 is 1.21 bits per heavy atom. The molecule has 0 aromatic heterocycles. The van der Waals surface area contributed by atoms with E-state index in [9.17, 15) is 5.11 Å². The van der Waals surface area contributed by atoms with Crippen LogP contribution in [0.15, 0.2) is 48.1 Å². The molecule has 0 saturated carbocycles. The topological polar surface area (TPSA) is 66.4 Å². The fourth-order valence-electron chi connectivity index (χ4n) is 2.96. The molecule has 1 aliphatic rings. The van der Waals surface area contributed by atoms with Gasteiger partial charge < -0.3 is 28.8 Å². The predicted molar refractivity (Wildman–Crippen MR) is 107 cm³/mol. The van der Waals surface area contributed by atoms with Crippen molar-refractivity contribution in [2.24, 2.45) is 0 Å². The minimum absolute atomic E-state index is 0.00966. The van der Waals surface area contributed by atoms with Gasteiger partial charge in [-0.05, 0) is 37.5 Å². The molecule has 0 amide bonds. The second kappa shape index (κ2) is 12.7. The lowest BCUT2D eigenvalue weighted by molar-refractivity contribution is -0.118. The van der Waals surface area contributed by atoms with Crippen LogP contribution in [-0.4, -0.2) is 57.6 Å². The zero-order chi connectivity index (χ0) is 20.2. The lowest BCUT2D eigenvalue weighted by Crippen LogP contribution is -2.32. The van der Waals surface area contributed by atoms with Gasteiger partial charge in [0, 0.05) is 13.7 Å². The molecular formula is C22H32O6. The SMILES string of the molecule is COCO[C@@H](/C=C/[C@@H]1CC(C)=CCO1)[C@H](CCO)OCc1ccc(OC)cc1. The van der Waals surface area contributed by atoms with Gasteiger partial charge >= 0.3 is 0 Å². The van der Waals surface area contributed by atoms with Crippen LogP contribution in [0.4, 0.5) is 0 Å². The van der Waals surface area contributed by atoms with Gasteiger partial charge in [0.25, 0.3) is 0 Å². The zero-order valence-corrected chi connectivity index (χ0v) is 17.0. The third-order valence-corrected chi connectivity index (χ3v) is 4.56. The Balaban J connectivity index is 2.01. The molecule has 0 fully saturated rings. The highest BCUT2D eigenvalue weighted by atomic mass is 16.7. The largest absolute Gasteiger partial charge is 0.497 e. The summed E-state index contributed by atoms with van der Waals surface area (Å²) in [4.78, 5) is 0. The highest BCUT2D eigenvalue weighted by molar-refractivity contribution is 5.26. The fraction of sp³-hybridized carbons (Fsp3) is 0.545. The quantitative estimate of drug-likeness (QED) is 0.435. The summed E-state index contributed by atoms with van der Waals surface area (Å²) in [6.07, 6.45) is 6.75. The average Bonchev–Trinajstić information content (AvgIpc) is 2.72. The molecule has 2 rings (SSSR count). The molecule has 6 heteroatoms. The van der Waals surface area contributed by atoms with Crippen molar-refractivity contribution in [1.29, 1.82) is 0 Å². The maximum atomic E-state index is 9.49. The van der Waals surface area contributed by atoms with E-state index in [1.165, 1.54) is 5.57 Å². The van der Waals surface area contributed by atoms with Crippen molar-refractivity contribution < 1.29 is 28.8 Å². The smallest absolute Gasteiger partial charge is 0.147 e. The first kappa shape index (κ1) is 22.6. The first-order valence-corrected chi connectivity index (χ1v) is 9.57. The lowest BCUT2D eigenvalue weighted by atomic mass is 10.0. The molecule has 0 bridgehead atoms. The second-order valence-corrected chi connectivity index (χ2v) is 6.76. The van der Waals surface area contributed by atoms with Gasteiger partial charge in [0.05, 0.1) is 32.5 Å². The summed E-state index contributed by atoms with van der Waals surface area (Å²) in [6.45, 7) is 3.30. The van der Waals surface area contributed by atoms with Gasteiger partial charge in [-0.15, -0.1) is 0 Å². The van der Waals surface area contributed by atoms with E-state index >= 15 is 0 Å². The van der Waals surface area contributed by atoms with Gasteiger partial charge in [0.15, 0.2) is 0 Å². The Bertz CT molecular complexity index is 610. The Labute approximate surface area is 167 Å². The molecule has 0 radical (unpaired) electrons. The monoisotopic (exact) mass is 392 g/mol. The lowest BCUT2D eigenvalue weighted by Gasteiger charge is -2.26. The van der Waals surface area contributed by atoms with Gasteiger partial charge in [0.1, 0.15) is 18.6 Å². The van der Waals surface area contributed by atoms with Gasteiger partial charge in [-0.3, -0.25) is 0 Å². The fourth-order valence-corrected chi connectivity index (χ4v) is 2.96. The first-order valence-electron chi connectivity index (χ1n) is 9.57. The molecule has 0 spiro atoms. The van der Waals surface area contributed by atoms with Crippen molar-refractivity contribution in [3.63, 3.8) is 0 Å². The van der Waals surface area contributed by atoms with Crippen molar-refractivity contribution in [3.8, 4) is 5.75 Å². The van der Waals surface area contributed by atoms with E-state index in [2.05, 4.69) is 13.0 Å². The van der Waals surface area contributed by atoms with Crippen molar-refractivity contribution in [2.75, 3.05) is 34.2 Å². The van der Waals surface area contributed by atoms with E-state index in [4.69, 9.17) is 23.7 Å². The van der Waals surface area contributed by atoms with Gasteiger partial charge in [-0.25, -0.2) is 0 Å². The van der Waals surface area contributed by atoms with Crippen LogP contribution in [0.3, 0.4) is 0 Å². The van der Waals surface area contributed by atoms with E-state index < -0.39 is 0 Å². The predicted octanol–water partition coefficient (Wildman–Crippen LogP) is 3.24. The zero-order valence-electron chi connectivity index (χ0n) is 17.0. The second-order valence-electron chi connectivity index (χ2n) is 6.76. The van der Waals surface area contributed by atoms with Gasteiger partial charge in [-0.2, -0.15) is 0 Å². The van der Waals surface area contributed by atoms with Crippen LogP contribution in [0.5, 0.6) is 5.75 Å². The molecule has 6 nitrogen and oxygen atoms in total. The number of hydrogen-bond acceptors (Lipinski definition) is 6. The highest BCUT2D eigenvalue weighted by Crippen LogP contribution is 2.19. The maximum absolute atomic E-state index is 9.49. The van der Waals surface area contributed by atoms with Crippen molar-refractivity contribution >= 4 is 0 Å². The van der Waals surface area contributed by atoms with Gasteiger partial charge in [-0.1, -0.05) is 35.9 Å².